The summed E-state index contributed by atoms with van der Waals surface area (Å²) < 4.78 is 18.3. The van der Waals surface area contributed by atoms with Gasteiger partial charge in [0, 0.05) is 5.69 Å². The predicted molar refractivity (Wildman–Crippen MR) is 85.8 cm³/mol. The standard InChI is InChI=1S/C15H13FN2O4S/c1-22-13-8-12(18(20)21)11(7-14(13)23-2)15(19)17-10-5-3-4-9(16)6-10/h3-8H,1-2H3,(H,17,19). The molecule has 0 radical (unpaired) electrons. The Kier molecular flexibility index (Phi) is 5.17. The Morgan fingerprint density at radius 3 is 2.65 bits per heavy atom. The summed E-state index contributed by atoms with van der Waals surface area (Å²) in [5, 5.41) is 13.7. The molecule has 0 fully saturated rings. The molecular weight excluding hydrogens is 323 g/mol. The van der Waals surface area contributed by atoms with Crippen LogP contribution in [-0.4, -0.2) is 24.2 Å². The highest BCUT2D eigenvalue weighted by Crippen LogP contribution is 2.34. The maximum absolute atomic E-state index is 13.2. The fraction of sp³-hybridized carbons (Fsp3) is 0.133. The van der Waals surface area contributed by atoms with E-state index in [9.17, 15) is 19.3 Å². The number of nitrogens with one attached hydrogen (secondary N) is 1. The molecule has 8 heteroatoms. The minimum Gasteiger partial charge on any atom is -0.495 e. The Balaban J connectivity index is 2.44. The largest absolute Gasteiger partial charge is 0.495 e. The summed E-state index contributed by atoms with van der Waals surface area (Å²) in [5.41, 5.74) is -0.288. The molecule has 23 heavy (non-hydrogen) atoms. The van der Waals surface area contributed by atoms with Crippen LogP contribution in [0.4, 0.5) is 15.8 Å². The van der Waals surface area contributed by atoms with E-state index in [-0.39, 0.29) is 16.9 Å². The van der Waals surface area contributed by atoms with E-state index in [0.29, 0.717) is 10.6 Å². The first kappa shape index (κ1) is 16.8. The number of carbonyl (C=O) groups is 1. The molecule has 0 heterocycles. The fourth-order valence-corrected chi connectivity index (χ4v) is 2.54. The summed E-state index contributed by atoms with van der Waals surface area (Å²) in [4.78, 5) is 23.5. The highest BCUT2D eigenvalue weighted by Gasteiger charge is 2.24. The predicted octanol–water partition coefficient (Wildman–Crippen LogP) is 3.72. The van der Waals surface area contributed by atoms with Crippen molar-refractivity contribution in [2.24, 2.45) is 0 Å². The lowest BCUT2D eigenvalue weighted by molar-refractivity contribution is -0.385. The number of nitro groups is 1. The van der Waals surface area contributed by atoms with E-state index < -0.39 is 16.6 Å². The number of hydrogen-bond donors (Lipinski definition) is 1. The number of halogens is 1. The molecule has 0 atom stereocenters. The lowest BCUT2D eigenvalue weighted by Crippen LogP contribution is -2.14. The van der Waals surface area contributed by atoms with Crippen molar-refractivity contribution in [3.8, 4) is 5.75 Å². The van der Waals surface area contributed by atoms with Crippen LogP contribution in [0.1, 0.15) is 10.4 Å². The molecule has 1 amide bonds. The van der Waals surface area contributed by atoms with Gasteiger partial charge in [-0.15, -0.1) is 11.8 Å². The Hall–Kier alpha value is -2.61. The van der Waals surface area contributed by atoms with E-state index in [1.54, 1.807) is 6.26 Å². The van der Waals surface area contributed by atoms with Gasteiger partial charge >= 0.3 is 0 Å². The molecular formula is C15H13FN2O4S. The van der Waals surface area contributed by atoms with E-state index in [2.05, 4.69) is 5.32 Å². The first-order valence-electron chi connectivity index (χ1n) is 6.43. The monoisotopic (exact) mass is 336 g/mol. The van der Waals surface area contributed by atoms with Crippen LogP contribution in [0.3, 0.4) is 0 Å². The fourth-order valence-electron chi connectivity index (χ4n) is 1.97. The van der Waals surface area contributed by atoms with Crippen molar-refractivity contribution in [1.29, 1.82) is 0 Å². The van der Waals surface area contributed by atoms with E-state index in [4.69, 9.17) is 4.74 Å². The van der Waals surface area contributed by atoms with Gasteiger partial charge in [0.05, 0.1) is 23.0 Å². The van der Waals surface area contributed by atoms with Crippen molar-refractivity contribution in [3.05, 3.63) is 57.9 Å². The van der Waals surface area contributed by atoms with Gasteiger partial charge in [0.25, 0.3) is 11.6 Å². The highest BCUT2D eigenvalue weighted by atomic mass is 32.2. The SMILES string of the molecule is COc1cc([N+](=O)[O-])c(C(=O)Nc2cccc(F)c2)cc1SC. The van der Waals surface area contributed by atoms with Gasteiger partial charge in [-0.3, -0.25) is 14.9 Å². The maximum atomic E-state index is 13.2. The number of carbonyl (C=O) groups excluding carboxylic acids is 1. The molecule has 0 unspecified atom stereocenters. The van der Waals surface area contributed by atoms with Crippen LogP contribution in [-0.2, 0) is 0 Å². The smallest absolute Gasteiger partial charge is 0.285 e. The van der Waals surface area contributed by atoms with Crippen molar-refractivity contribution in [2.45, 2.75) is 4.90 Å². The molecule has 0 aliphatic rings. The van der Waals surface area contributed by atoms with Crippen molar-refractivity contribution in [1.82, 2.24) is 0 Å². The van der Waals surface area contributed by atoms with Crippen LogP contribution >= 0.6 is 11.8 Å². The van der Waals surface area contributed by atoms with Gasteiger partial charge in [-0.1, -0.05) is 6.07 Å². The summed E-state index contributed by atoms with van der Waals surface area (Å²) in [5.74, 6) is -0.899. The summed E-state index contributed by atoms with van der Waals surface area (Å²) in [7, 11) is 1.39. The van der Waals surface area contributed by atoms with Crippen LogP contribution in [0.2, 0.25) is 0 Å². The van der Waals surface area contributed by atoms with Gasteiger partial charge in [-0.05, 0) is 30.5 Å². The van der Waals surface area contributed by atoms with Gasteiger partial charge in [-0.2, -0.15) is 0 Å². The van der Waals surface area contributed by atoms with E-state index in [1.165, 1.54) is 49.2 Å². The second kappa shape index (κ2) is 7.10. The van der Waals surface area contributed by atoms with Crippen LogP contribution < -0.4 is 10.1 Å². The Morgan fingerprint density at radius 1 is 1.35 bits per heavy atom. The average molecular weight is 336 g/mol. The molecule has 0 aromatic heterocycles. The summed E-state index contributed by atoms with van der Waals surface area (Å²) in [6.07, 6.45) is 1.76. The van der Waals surface area contributed by atoms with Gasteiger partial charge < -0.3 is 10.1 Å². The van der Waals surface area contributed by atoms with Gasteiger partial charge in [0.15, 0.2) is 0 Å². The number of thioether (sulfide) groups is 1. The maximum Gasteiger partial charge on any atom is 0.285 e. The molecule has 6 nitrogen and oxygen atoms in total. The van der Waals surface area contributed by atoms with Crippen LogP contribution in [0, 0.1) is 15.9 Å². The lowest BCUT2D eigenvalue weighted by atomic mass is 10.1. The molecule has 0 saturated heterocycles. The van der Waals surface area contributed by atoms with Crippen LogP contribution in [0.25, 0.3) is 0 Å². The highest BCUT2D eigenvalue weighted by molar-refractivity contribution is 7.98. The normalized spacial score (nSPS) is 10.2. The topological polar surface area (TPSA) is 81.5 Å². The number of nitrogens with zero attached hydrogens (tertiary/aromatic N) is 1. The molecule has 2 aromatic carbocycles. The van der Waals surface area contributed by atoms with Gasteiger partial charge in [0.2, 0.25) is 0 Å². The molecule has 0 bridgehead atoms. The number of amides is 1. The number of hydrogen-bond acceptors (Lipinski definition) is 5. The zero-order valence-corrected chi connectivity index (χ0v) is 13.1. The lowest BCUT2D eigenvalue weighted by Gasteiger charge is -2.10. The van der Waals surface area contributed by atoms with E-state index >= 15 is 0 Å². The minimum atomic E-state index is -0.694. The third-order valence-electron chi connectivity index (χ3n) is 3.03. The average Bonchev–Trinajstić information content (AvgIpc) is 2.53. The van der Waals surface area contributed by atoms with Crippen molar-refractivity contribution < 1.29 is 18.8 Å². The molecule has 0 spiro atoms. The number of rotatable bonds is 5. The molecule has 2 rings (SSSR count). The van der Waals surface area contributed by atoms with Crippen LogP contribution in [0.5, 0.6) is 5.75 Å². The molecule has 0 aliphatic heterocycles. The van der Waals surface area contributed by atoms with Gasteiger partial charge in [-0.25, -0.2) is 4.39 Å². The number of nitro benzene ring substituents is 1. The first-order valence-corrected chi connectivity index (χ1v) is 7.66. The first-order chi connectivity index (χ1) is 11.0. The zero-order valence-electron chi connectivity index (χ0n) is 12.3. The Bertz CT molecular complexity index is 767. The molecule has 0 saturated carbocycles. The number of benzene rings is 2. The molecule has 0 aliphatic carbocycles. The molecule has 2 aromatic rings. The van der Waals surface area contributed by atoms with Crippen LogP contribution in [0.15, 0.2) is 41.3 Å². The second-order valence-electron chi connectivity index (χ2n) is 4.45. The van der Waals surface area contributed by atoms with Crippen molar-refractivity contribution in [2.75, 3.05) is 18.7 Å². The summed E-state index contributed by atoms with van der Waals surface area (Å²) >= 11 is 1.29. The summed E-state index contributed by atoms with van der Waals surface area (Å²) in [6, 6.07) is 7.87. The second-order valence-corrected chi connectivity index (χ2v) is 5.29. The Morgan fingerprint density at radius 2 is 2.09 bits per heavy atom. The van der Waals surface area contributed by atoms with E-state index in [0.717, 1.165) is 6.07 Å². The zero-order chi connectivity index (χ0) is 17.0. The third-order valence-corrected chi connectivity index (χ3v) is 3.78. The van der Waals surface area contributed by atoms with Gasteiger partial charge in [0.1, 0.15) is 17.1 Å². The summed E-state index contributed by atoms with van der Waals surface area (Å²) in [6.45, 7) is 0. The van der Waals surface area contributed by atoms with Crippen molar-refractivity contribution >= 4 is 29.0 Å². The number of anilines is 1. The quantitative estimate of drug-likeness (QED) is 0.511. The third kappa shape index (κ3) is 3.78. The molecule has 120 valence electrons. The van der Waals surface area contributed by atoms with Crippen molar-refractivity contribution in [3.63, 3.8) is 0 Å². The minimum absolute atomic E-state index is 0.121. The van der Waals surface area contributed by atoms with E-state index in [1.807, 2.05) is 0 Å². The Labute approximate surface area is 135 Å². The number of ether oxygens (including phenoxy) is 1. The number of methoxy groups -OCH3 is 1. The molecule has 1 N–H and O–H groups in total.